The van der Waals surface area contributed by atoms with Crippen LogP contribution in [0.5, 0.6) is 0 Å². The molecule has 3 nitrogen and oxygen atoms in total. The van der Waals surface area contributed by atoms with Gasteiger partial charge in [-0.2, -0.15) is 0 Å². The highest BCUT2D eigenvalue weighted by Crippen LogP contribution is 2.46. The van der Waals surface area contributed by atoms with Gasteiger partial charge in [-0.15, -0.1) is 0 Å². The molecule has 0 saturated carbocycles. The maximum Gasteiger partial charge on any atom is 0.131 e. The first kappa shape index (κ1) is 34.0. The Labute approximate surface area is 338 Å². The van der Waals surface area contributed by atoms with Crippen molar-refractivity contribution in [1.82, 2.24) is 10.6 Å². The van der Waals surface area contributed by atoms with E-state index in [2.05, 4.69) is 223 Å². The van der Waals surface area contributed by atoms with Gasteiger partial charge in [0.15, 0.2) is 0 Å². The first-order valence-electron chi connectivity index (χ1n) is 20.0. The summed E-state index contributed by atoms with van der Waals surface area (Å²) in [5.41, 5.74) is 10.6. The lowest BCUT2D eigenvalue weighted by Gasteiger charge is -2.32. The van der Waals surface area contributed by atoms with Crippen LogP contribution in [0.15, 0.2) is 217 Å². The minimum absolute atomic E-state index is 0.117. The first-order valence-corrected chi connectivity index (χ1v) is 20.0. The Kier molecular flexibility index (Phi) is 8.38. The van der Waals surface area contributed by atoms with Gasteiger partial charge in [-0.1, -0.05) is 206 Å². The average Bonchev–Trinajstić information content (AvgIpc) is 3.31. The van der Waals surface area contributed by atoms with E-state index in [0.29, 0.717) is 0 Å². The summed E-state index contributed by atoms with van der Waals surface area (Å²) in [5, 5.41) is 17.5. The van der Waals surface area contributed by atoms with Gasteiger partial charge in [0.05, 0.1) is 0 Å². The van der Waals surface area contributed by atoms with Gasteiger partial charge in [-0.05, 0) is 93.7 Å². The average molecular weight is 742 g/mol. The standard InChI is InChI=1S/C55H39N3/c1-3-13-36(14-4-1)38-23-28-42(29-24-38)54-56-53(41-17-5-2-6-18-41)57-55(58-54)43-30-26-40(27-31-43)51-48-22-12-11-21-47(48)50(45-32-25-37-15-7-8-19-44(37)35-45)49-34-33-39-16-9-10-20-46(39)52(49)51/h1-35,53-54,56H,(H,57,58). The van der Waals surface area contributed by atoms with Crippen LogP contribution in [0.2, 0.25) is 0 Å². The lowest BCUT2D eigenvalue weighted by Crippen LogP contribution is -2.44. The SMILES string of the molecule is c1ccc(-c2ccc(C3N=C(c4ccc(-c5c6ccccc6c(-c6ccc7ccccc7c6)c6ccc7ccccc7c56)cc4)NC(c4ccccc4)N3)cc2)cc1. The fraction of sp³-hybridized carbons (Fsp3) is 0.0364. The zero-order valence-electron chi connectivity index (χ0n) is 31.8. The van der Waals surface area contributed by atoms with E-state index in [1.807, 2.05) is 0 Å². The molecule has 58 heavy (non-hydrogen) atoms. The molecule has 2 unspecified atom stereocenters. The molecule has 3 heteroatoms. The summed E-state index contributed by atoms with van der Waals surface area (Å²) < 4.78 is 0. The third kappa shape index (κ3) is 6.01. The van der Waals surface area contributed by atoms with E-state index < -0.39 is 0 Å². The lowest BCUT2D eigenvalue weighted by atomic mass is 9.83. The zero-order chi connectivity index (χ0) is 38.4. The summed E-state index contributed by atoms with van der Waals surface area (Å²) >= 11 is 0. The Morgan fingerprint density at radius 1 is 0.345 bits per heavy atom. The number of amidine groups is 1. The third-order valence-corrected chi connectivity index (χ3v) is 11.7. The summed E-state index contributed by atoms with van der Waals surface area (Å²) in [6, 6.07) is 76.7. The van der Waals surface area contributed by atoms with Gasteiger partial charge in [-0.3, -0.25) is 5.32 Å². The second-order valence-corrected chi connectivity index (χ2v) is 15.2. The molecule has 0 aliphatic carbocycles. The van der Waals surface area contributed by atoms with Crippen LogP contribution < -0.4 is 10.6 Å². The Hall–Kier alpha value is -7.33. The monoisotopic (exact) mass is 741 g/mol. The van der Waals surface area contributed by atoms with E-state index in [1.165, 1.54) is 76.5 Å². The fourth-order valence-corrected chi connectivity index (χ4v) is 8.88. The second kappa shape index (κ2) is 14.3. The summed E-state index contributed by atoms with van der Waals surface area (Å²) in [4.78, 5) is 5.30. The van der Waals surface area contributed by atoms with Crippen LogP contribution >= 0.6 is 0 Å². The van der Waals surface area contributed by atoms with Gasteiger partial charge < -0.3 is 5.32 Å². The lowest BCUT2D eigenvalue weighted by molar-refractivity contribution is 0.409. The molecule has 0 spiro atoms. The Morgan fingerprint density at radius 2 is 0.897 bits per heavy atom. The molecule has 0 radical (unpaired) electrons. The Balaban J connectivity index is 1.05. The molecule has 0 bridgehead atoms. The maximum atomic E-state index is 5.30. The van der Waals surface area contributed by atoms with Crippen LogP contribution in [0.1, 0.15) is 29.0 Å². The highest BCUT2D eigenvalue weighted by atomic mass is 15.3. The quantitative estimate of drug-likeness (QED) is 0.131. The highest BCUT2D eigenvalue weighted by molar-refractivity contribution is 6.28. The van der Waals surface area contributed by atoms with E-state index in [-0.39, 0.29) is 12.3 Å². The summed E-state index contributed by atoms with van der Waals surface area (Å²) in [5.74, 6) is 0.864. The molecule has 2 atom stereocenters. The van der Waals surface area contributed by atoms with Crippen LogP contribution in [0.4, 0.5) is 0 Å². The largest absolute Gasteiger partial charge is 0.350 e. The van der Waals surface area contributed by atoms with Gasteiger partial charge >= 0.3 is 0 Å². The van der Waals surface area contributed by atoms with Crippen LogP contribution in [0.25, 0.3) is 76.5 Å². The molecule has 0 saturated heterocycles. The molecule has 1 heterocycles. The number of benzene rings is 10. The van der Waals surface area contributed by atoms with Crippen LogP contribution in [-0.2, 0) is 0 Å². The number of hydrogen-bond acceptors (Lipinski definition) is 3. The molecule has 0 amide bonds. The Bertz CT molecular complexity index is 3150. The number of nitrogens with zero attached hydrogens (tertiary/aromatic N) is 1. The van der Waals surface area contributed by atoms with Crippen molar-refractivity contribution in [2.24, 2.45) is 4.99 Å². The minimum atomic E-state index is -0.229. The zero-order valence-corrected chi connectivity index (χ0v) is 31.8. The molecule has 1 aliphatic rings. The smallest absolute Gasteiger partial charge is 0.131 e. The van der Waals surface area contributed by atoms with E-state index >= 15 is 0 Å². The predicted molar refractivity (Wildman–Crippen MR) is 244 cm³/mol. The van der Waals surface area contributed by atoms with Crippen molar-refractivity contribution in [2.75, 3.05) is 0 Å². The van der Waals surface area contributed by atoms with Crippen LogP contribution in [0.3, 0.4) is 0 Å². The molecule has 10 aromatic carbocycles. The number of fused-ring (bicyclic) bond motifs is 5. The van der Waals surface area contributed by atoms with E-state index in [0.717, 1.165) is 22.5 Å². The first-order chi connectivity index (χ1) is 28.7. The van der Waals surface area contributed by atoms with Crippen molar-refractivity contribution in [2.45, 2.75) is 12.3 Å². The van der Waals surface area contributed by atoms with Crippen molar-refractivity contribution in [3.63, 3.8) is 0 Å². The van der Waals surface area contributed by atoms with Crippen molar-refractivity contribution in [1.29, 1.82) is 0 Å². The van der Waals surface area contributed by atoms with Crippen molar-refractivity contribution < 1.29 is 0 Å². The second-order valence-electron chi connectivity index (χ2n) is 15.2. The van der Waals surface area contributed by atoms with Crippen LogP contribution in [0, 0.1) is 0 Å². The molecular formula is C55H39N3. The molecule has 274 valence electrons. The molecule has 2 N–H and O–H groups in total. The maximum absolute atomic E-state index is 5.30. The molecule has 0 fully saturated rings. The summed E-state index contributed by atoms with van der Waals surface area (Å²) in [6.45, 7) is 0. The highest BCUT2D eigenvalue weighted by Gasteiger charge is 2.26. The fourth-order valence-electron chi connectivity index (χ4n) is 8.88. The normalized spacial score (nSPS) is 15.4. The molecule has 11 rings (SSSR count). The van der Waals surface area contributed by atoms with Gasteiger partial charge in [0, 0.05) is 5.56 Å². The molecule has 1 aliphatic heterocycles. The summed E-state index contributed by atoms with van der Waals surface area (Å²) in [7, 11) is 0. The molecule has 0 aromatic heterocycles. The number of hydrogen-bond donors (Lipinski definition) is 2. The topological polar surface area (TPSA) is 36.4 Å². The summed E-state index contributed by atoms with van der Waals surface area (Å²) in [6.07, 6.45) is -0.345. The number of rotatable bonds is 6. The van der Waals surface area contributed by atoms with Crippen molar-refractivity contribution in [3.05, 3.63) is 229 Å². The van der Waals surface area contributed by atoms with Gasteiger partial charge in [-0.25, -0.2) is 4.99 Å². The number of nitrogens with one attached hydrogen (secondary N) is 2. The predicted octanol–water partition coefficient (Wildman–Crippen LogP) is 13.6. The van der Waals surface area contributed by atoms with Gasteiger partial charge in [0.25, 0.3) is 0 Å². The molecule has 10 aromatic rings. The van der Waals surface area contributed by atoms with Crippen LogP contribution in [-0.4, -0.2) is 5.84 Å². The van der Waals surface area contributed by atoms with Gasteiger partial charge in [0.1, 0.15) is 18.2 Å². The minimum Gasteiger partial charge on any atom is -0.350 e. The number of aliphatic imine (C=N–C) groups is 1. The molecular weight excluding hydrogens is 703 g/mol. The van der Waals surface area contributed by atoms with E-state index in [4.69, 9.17) is 4.99 Å². The van der Waals surface area contributed by atoms with E-state index in [1.54, 1.807) is 0 Å². The van der Waals surface area contributed by atoms with Gasteiger partial charge in [0.2, 0.25) is 0 Å². The Morgan fingerprint density at radius 3 is 1.66 bits per heavy atom. The van der Waals surface area contributed by atoms with Crippen molar-refractivity contribution in [3.8, 4) is 33.4 Å². The third-order valence-electron chi connectivity index (χ3n) is 11.7. The van der Waals surface area contributed by atoms with E-state index in [9.17, 15) is 0 Å². The van der Waals surface area contributed by atoms with Crippen molar-refractivity contribution >= 4 is 48.9 Å².